The van der Waals surface area contributed by atoms with Crippen LogP contribution in [0.2, 0.25) is 0 Å². The number of halogens is 1. The molecule has 1 fully saturated rings. The van der Waals surface area contributed by atoms with Gasteiger partial charge in [0.2, 0.25) is 0 Å². The summed E-state index contributed by atoms with van der Waals surface area (Å²) in [4.78, 5) is 0. The van der Waals surface area contributed by atoms with Gasteiger partial charge < -0.3 is 10.1 Å². The van der Waals surface area contributed by atoms with Gasteiger partial charge in [-0.25, -0.2) is 4.39 Å². The Morgan fingerprint density at radius 2 is 2.20 bits per heavy atom. The Kier molecular flexibility index (Phi) is 4.25. The van der Waals surface area contributed by atoms with Gasteiger partial charge in [-0.15, -0.1) is 0 Å². The Labute approximate surface area is 120 Å². The molecule has 1 N–H and O–H groups in total. The summed E-state index contributed by atoms with van der Waals surface area (Å²) in [6, 6.07) is 4.81. The third-order valence-electron chi connectivity index (χ3n) is 4.61. The Hall–Kier alpha value is -1.09. The van der Waals surface area contributed by atoms with Gasteiger partial charge in [-0.05, 0) is 49.4 Å². The first kappa shape index (κ1) is 13.9. The van der Waals surface area contributed by atoms with Crippen LogP contribution in [0.3, 0.4) is 0 Å². The summed E-state index contributed by atoms with van der Waals surface area (Å²) in [7, 11) is 0. The van der Waals surface area contributed by atoms with Crippen LogP contribution in [-0.4, -0.2) is 19.2 Å². The number of nitrogens with one attached hydrogen (secondary N) is 1. The molecular weight excluding hydrogens is 253 g/mol. The highest BCUT2D eigenvalue weighted by molar-refractivity contribution is 5.37. The normalized spacial score (nSPS) is 29.0. The fourth-order valence-corrected chi connectivity index (χ4v) is 3.60. The van der Waals surface area contributed by atoms with E-state index in [9.17, 15) is 4.39 Å². The van der Waals surface area contributed by atoms with Gasteiger partial charge in [0, 0.05) is 18.5 Å². The number of rotatable bonds is 4. The zero-order chi connectivity index (χ0) is 13.9. The van der Waals surface area contributed by atoms with E-state index in [-0.39, 0.29) is 11.9 Å². The molecule has 1 aromatic rings. The highest BCUT2D eigenvalue weighted by atomic mass is 19.1. The molecule has 20 heavy (non-hydrogen) atoms. The van der Waals surface area contributed by atoms with Gasteiger partial charge in [-0.2, -0.15) is 0 Å². The molecule has 0 amide bonds. The molecule has 0 saturated heterocycles. The van der Waals surface area contributed by atoms with Crippen LogP contribution < -0.4 is 10.1 Å². The van der Waals surface area contributed by atoms with Crippen molar-refractivity contribution in [1.29, 1.82) is 0 Å². The van der Waals surface area contributed by atoms with Crippen molar-refractivity contribution in [2.24, 2.45) is 11.8 Å². The van der Waals surface area contributed by atoms with Crippen molar-refractivity contribution in [3.8, 4) is 5.75 Å². The molecule has 0 radical (unpaired) electrons. The average molecular weight is 277 g/mol. The first-order valence-corrected chi connectivity index (χ1v) is 7.86. The first-order valence-electron chi connectivity index (χ1n) is 7.86. The molecule has 3 unspecified atom stereocenters. The second-order valence-electron chi connectivity index (χ2n) is 6.49. The van der Waals surface area contributed by atoms with Crippen molar-refractivity contribution < 1.29 is 9.13 Å². The first-order chi connectivity index (χ1) is 9.70. The number of benzene rings is 1. The summed E-state index contributed by atoms with van der Waals surface area (Å²) in [6.07, 6.45) is 6.45. The van der Waals surface area contributed by atoms with Crippen LogP contribution in [0.15, 0.2) is 18.2 Å². The molecule has 2 aliphatic rings. The van der Waals surface area contributed by atoms with E-state index < -0.39 is 0 Å². The smallest absolute Gasteiger partial charge is 0.123 e. The lowest BCUT2D eigenvalue weighted by Gasteiger charge is -2.27. The van der Waals surface area contributed by atoms with Gasteiger partial charge in [0.05, 0.1) is 0 Å². The molecule has 1 heterocycles. The summed E-state index contributed by atoms with van der Waals surface area (Å²) in [5.74, 6) is 2.38. The monoisotopic (exact) mass is 277 g/mol. The molecule has 1 aliphatic heterocycles. The van der Waals surface area contributed by atoms with E-state index in [0.717, 1.165) is 42.7 Å². The molecule has 0 bridgehead atoms. The SMILES string of the molecule is CC1CCCC(CNCC2Cc3cc(F)ccc3O2)C1. The van der Waals surface area contributed by atoms with E-state index in [2.05, 4.69) is 12.2 Å². The summed E-state index contributed by atoms with van der Waals surface area (Å²) in [6.45, 7) is 4.31. The summed E-state index contributed by atoms with van der Waals surface area (Å²) in [5, 5.41) is 3.55. The Morgan fingerprint density at radius 3 is 3.05 bits per heavy atom. The van der Waals surface area contributed by atoms with Gasteiger partial charge in [-0.1, -0.05) is 19.8 Å². The lowest BCUT2D eigenvalue weighted by atomic mass is 9.82. The molecule has 1 aromatic carbocycles. The molecule has 0 spiro atoms. The number of hydrogen-bond acceptors (Lipinski definition) is 2. The second kappa shape index (κ2) is 6.13. The Morgan fingerprint density at radius 1 is 1.30 bits per heavy atom. The average Bonchev–Trinajstić information content (AvgIpc) is 2.80. The Balaban J connectivity index is 1.42. The van der Waals surface area contributed by atoms with Crippen LogP contribution in [0.25, 0.3) is 0 Å². The van der Waals surface area contributed by atoms with Gasteiger partial charge in [-0.3, -0.25) is 0 Å². The second-order valence-corrected chi connectivity index (χ2v) is 6.49. The molecular formula is C17H24FNO. The standard InChI is InChI=1S/C17H24FNO/c1-12-3-2-4-13(7-12)10-19-11-16-9-14-8-15(18)5-6-17(14)20-16/h5-6,8,12-13,16,19H,2-4,7,9-11H2,1H3. The van der Waals surface area contributed by atoms with E-state index in [4.69, 9.17) is 4.74 Å². The molecule has 3 rings (SSSR count). The quantitative estimate of drug-likeness (QED) is 0.909. The van der Waals surface area contributed by atoms with Crippen LogP contribution >= 0.6 is 0 Å². The van der Waals surface area contributed by atoms with Gasteiger partial charge >= 0.3 is 0 Å². The molecule has 3 atom stereocenters. The van der Waals surface area contributed by atoms with Crippen molar-refractivity contribution >= 4 is 0 Å². The lowest BCUT2D eigenvalue weighted by molar-refractivity contribution is 0.215. The van der Waals surface area contributed by atoms with Crippen LogP contribution in [-0.2, 0) is 6.42 Å². The minimum absolute atomic E-state index is 0.160. The fourth-order valence-electron chi connectivity index (χ4n) is 3.60. The van der Waals surface area contributed by atoms with Crippen LogP contribution in [0.4, 0.5) is 4.39 Å². The predicted octanol–water partition coefficient (Wildman–Crippen LogP) is 3.55. The summed E-state index contributed by atoms with van der Waals surface area (Å²) in [5.41, 5.74) is 1.00. The summed E-state index contributed by atoms with van der Waals surface area (Å²) < 4.78 is 19.0. The number of fused-ring (bicyclic) bond motifs is 1. The highest BCUT2D eigenvalue weighted by Gasteiger charge is 2.24. The lowest BCUT2D eigenvalue weighted by Crippen LogP contribution is -2.34. The third-order valence-corrected chi connectivity index (χ3v) is 4.61. The van der Waals surface area contributed by atoms with Crippen LogP contribution in [0.1, 0.15) is 38.2 Å². The van der Waals surface area contributed by atoms with Gasteiger partial charge in [0.15, 0.2) is 0 Å². The van der Waals surface area contributed by atoms with Crippen LogP contribution in [0, 0.1) is 17.7 Å². The zero-order valence-corrected chi connectivity index (χ0v) is 12.2. The molecule has 1 aliphatic carbocycles. The maximum Gasteiger partial charge on any atom is 0.123 e. The number of hydrogen-bond donors (Lipinski definition) is 1. The molecule has 2 nitrogen and oxygen atoms in total. The molecule has 1 saturated carbocycles. The van der Waals surface area contributed by atoms with E-state index in [0.29, 0.717) is 0 Å². The molecule has 0 aromatic heterocycles. The van der Waals surface area contributed by atoms with E-state index in [1.165, 1.54) is 31.7 Å². The fraction of sp³-hybridized carbons (Fsp3) is 0.647. The molecule has 3 heteroatoms. The third kappa shape index (κ3) is 3.32. The van der Waals surface area contributed by atoms with E-state index in [1.54, 1.807) is 12.1 Å². The van der Waals surface area contributed by atoms with Crippen molar-refractivity contribution in [3.05, 3.63) is 29.6 Å². The zero-order valence-electron chi connectivity index (χ0n) is 12.2. The minimum Gasteiger partial charge on any atom is -0.488 e. The van der Waals surface area contributed by atoms with Gasteiger partial charge in [0.1, 0.15) is 17.7 Å². The van der Waals surface area contributed by atoms with E-state index in [1.807, 2.05) is 0 Å². The van der Waals surface area contributed by atoms with E-state index >= 15 is 0 Å². The maximum atomic E-state index is 13.1. The van der Waals surface area contributed by atoms with Crippen molar-refractivity contribution in [2.75, 3.05) is 13.1 Å². The highest BCUT2D eigenvalue weighted by Crippen LogP contribution is 2.30. The minimum atomic E-state index is -0.169. The largest absolute Gasteiger partial charge is 0.488 e. The van der Waals surface area contributed by atoms with Crippen LogP contribution in [0.5, 0.6) is 5.75 Å². The van der Waals surface area contributed by atoms with Crippen molar-refractivity contribution in [3.63, 3.8) is 0 Å². The summed E-state index contributed by atoms with van der Waals surface area (Å²) >= 11 is 0. The van der Waals surface area contributed by atoms with Crippen molar-refractivity contribution in [1.82, 2.24) is 5.32 Å². The topological polar surface area (TPSA) is 21.3 Å². The van der Waals surface area contributed by atoms with Crippen molar-refractivity contribution in [2.45, 2.75) is 45.1 Å². The predicted molar refractivity (Wildman–Crippen MR) is 78.5 cm³/mol. The Bertz CT molecular complexity index is 462. The maximum absolute atomic E-state index is 13.1. The van der Waals surface area contributed by atoms with Gasteiger partial charge in [0.25, 0.3) is 0 Å². The number of ether oxygens (including phenoxy) is 1. The molecule has 110 valence electrons.